The predicted octanol–water partition coefficient (Wildman–Crippen LogP) is 3.72. The molecule has 150 valence electrons. The van der Waals surface area contributed by atoms with Gasteiger partial charge in [0.25, 0.3) is 0 Å². The van der Waals surface area contributed by atoms with Crippen LogP contribution in [-0.2, 0) is 20.9 Å². The van der Waals surface area contributed by atoms with Crippen molar-refractivity contribution in [3.63, 3.8) is 0 Å². The van der Waals surface area contributed by atoms with Gasteiger partial charge >= 0.3 is 18.2 Å². The van der Waals surface area contributed by atoms with Crippen LogP contribution in [0.25, 0.3) is 0 Å². The molecule has 0 atom stereocenters. The molecule has 2 amide bonds. The third kappa shape index (κ3) is 6.88. The topological polar surface area (TPSA) is 118 Å². The van der Waals surface area contributed by atoms with Gasteiger partial charge in [-0.25, -0.2) is 19.5 Å². The Balaban J connectivity index is 2.01. The fraction of sp³-hybridized carbons (Fsp3) is 0.333. The third-order valence-electron chi connectivity index (χ3n) is 3.10. The van der Waals surface area contributed by atoms with Crippen LogP contribution in [0.1, 0.15) is 26.3 Å². The molecule has 1 aromatic carbocycles. The molecule has 0 bridgehead atoms. The Labute approximate surface area is 165 Å². The monoisotopic (exact) mass is 407 g/mol. The van der Waals surface area contributed by atoms with Gasteiger partial charge in [0.2, 0.25) is 0 Å². The largest absolute Gasteiger partial charge is 0.480 e. The molecule has 2 aromatic rings. The van der Waals surface area contributed by atoms with Crippen LogP contribution in [0.3, 0.4) is 0 Å². The Kier molecular flexibility index (Phi) is 6.94. The molecule has 2 N–H and O–H groups in total. The summed E-state index contributed by atoms with van der Waals surface area (Å²) in [7, 11) is 0. The summed E-state index contributed by atoms with van der Waals surface area (Å²) in [4.78, 5) is 40.2. The lowest BCUT2D eigenvalue weighted by Gasteiger charge is -2.24. The third-order valence-corrected chi connectivity index (χ3v) is 3.84. The Hall–Kier alpha value is -3.14. The first-order chi connectivity index (χ1) is 13.1. The van der Waals surface area contributed by atoms with E-state index >= 15 is 0 Å². The quantitative estimate of drug-likeness (QED) is 0.749. The minimum atomic E-state index is -1.23. The van der Waals surface area contributed by atoms with Crippen LogP contribution in [0.2, 0.25) is 0 Å². The summed E-state index contributed by atoms with van der Waals surface area (Å²) in [5.41, 5.74) is 0.0293. The minimum absolute atomic E-state index is 0.0556. The van der Waals surface area contributed by atoms with E-state index in [0.29, 0.717) is 0 Å². The highest BCUT2D eigenvalue weighted by Crippen LogP contribution is 2.24. The summed E-state index contributed by atoms with van der Waals surface area (Å²) in [5, 5.41) is 13.1. The highest BCUT2D eigenvalue weighted by atomic mass is 32.1. The van der Waals surface area contributed by atoms with Crippen molar-refractivity contribution >= 4 is 40.4 Å². The lowest BCUT2D eigenvalue weighted by molar-refractivity contribution is -0.135. The van der Waals surface area contributed by atoms with Gasteiger partial charge in [-0.15, -0.1) is 11.3 Å². The molecule has 0 radical (unpaired) electrons. The van der Waals surface area contributed by atoms with Gasteiger partial charge in [0.1, 0.15) is 18.8 Å². The Bertz CT molecular complexity index is 831. The Morgan fingerprint density at radius 3 is 2.50 bits per heavy atom. The van der Waals surface area contributed by atoms with Crippen molar-refractivity contribution in [1.29, 1.82) is 0 Å². The maximum absolute atomic E-state index is 12.3. The minimum Gasteiger partial charge on any atom is -0.480 e. The molecule has 0 spiro atoms. The highest BCUT2D eigenvalue weighted by molar-refractivity contribution is 7.14. The van der Waals surface area contributed by atoms with Gasteiger partial charge < -0.3 is 14.6 Å². The zero-order valence-electron chi connectivity index (χ0n) is 15.7. The van der Waals surface area contributed by atoms with Crippen molar-refractivity contribution in [2.24, 2.45) is 0 Å². The van der Waals surface area contributed by atoms with Crippen LogP contribution in [0.4, 0.5) is 20.5 Å². The number of benzene rings is 1. The van der Waals surface area contributed by atoms with E-state index in [1.54, 1.807) is 20.8 Å². The molecule has 28 heavy (non-hydrogen) atoms. The van der Waals surface area contributed by atoms with E-state index in [1.807, 2.05) is 30.3 Å². The van der Waals surface area contributed by atoms with Gasteiger partial charge in [0.15, 0.2) is 10.9 Å². The number of rotatable bonds is 6. The van der Waals surface area contributed by atoms with E-state index in [4.69, 9.17) is 14.6 Å². The van der Waals surface area contributed by atoms with E-state index in [9.17, 15) is 14.4 Å². The molecular weight excluding hydrogens is 386 g/mol. The second kappa shape index (κ2) is 9.18. The van der Waals surface area contributed by atoms with Gasteiger partial charge in [-0.05, 0) is 26.3 Å². The van der Waals surface area contributed by atoms with Gasteiger partial charge in [-0.2, -0.15) is 0 Å². The summed E-state index contributed by atoms with van der Waals surface area (Å²) in [5.74, 6) is -1.17. The van der Waals surface area contributed by atoms with Crippen molar-refractivity contribution in [2.45, 2.75) is 33.0 Å². The lowest BCUT2D eigenvalue weighted by Crippen LogP contribution is -2.40. The van der Waals surface area contributed by atoms with E-state index in [2.05, 4.69) is 10.3 Å². The van der Waals surface area contributed by atoms with Crippen LogP contribution >= 0.6 is 11.3 Å². The Morgan fingerprint density at radius 1 is 1.21 bits per heavy atom. The molecule has 0 saturated heterocycles. The summed E-state index contributed by atoms with van der Waals surface area (Å²) < 4.78 is 10.3. The van der Waals surface area contributed by atoms with Crippen molar-refractivity contribution < 1.29 is 29.0 Å². The normalized spacial score (nSPS) is 10.8. The fourth-order valence-corrected chi connectivity index (χ4v) is 2.67. The Morgan fingerprint density at radius 2 is 1.89 bits per heavy atom. The van der Waals surface area contributed by atoms with Crippen LogP contribution in [0.15, 0.2) is 35.7 Å². The lowest BCUT2D eigenvalue weighted by atomic mass is 10.2. The highest BCUT2D eigenvalue weighted by Gasteiger charge is 2.27. The first kappa shape index (κ1) is 21.2. The molecule has 0 aliphatic rings. The first-order valence-electron chi connectivity index (χ1n) is 8.29. The number of nitrogens with one attached hydrogen (secondary N) is 1. The smallest absolute Gasteiger partial charge is 0.416 e. The van der Waals surface area contributed by atoms with Gasteiger partial charge in [0.05, 0.1) is 0 Å². The van der Waals surface area contributed by atoms with Crippen molar-refractivity contribution in [3.8, 4) is 0 Å². The molecule has 0 fully saturated rings. The van der Waals surface area contributed by atoms with Gasteiger partial charge in [-0.3, -0.25) is 10.1 Å². The molecule has 0 saturated carbocycles. The standard InChI is InChI=1S/C18H21N3O6S/c1-18(2,3)27-17(25)21(9-14(22)23)13-11-28-15(19-13)20-16(24)26-10-12-7-5-4-6-8-12/h4-8,11H,9-10H2,1-3H3,(H,22,23)(H,19,20,24). The van der Waals surface area contributed by atoms with Gasteiger partial charge in [-0.1, -0.05) is 30.3 Å². The van der Waals surface area contributed by atoms with E-state index in [0.717, 1.165) is 21.8 Å². The zero-order chi connectivity index (χ0) is 20.7. The number of aromatic nitrogens is 1. The average Bonchev–Trinajstić information content (AvgIpc) is 3.05. The molecule has 1 aromatic heterocycles. The van der Waals surface area contributed by atoms with E-state index in [-0.39, 0.29) is 17.6 Å². The molecule has 9 nitrogen and oxygen atoms in total. The second-order valence-corrected chi connectivity index (χ2v) is 7.52. The first-order valence-corrected chi connectivity index (χ1v) is 9.17. The van der Waals surface area contributed by atoms with Crippen LogP contribution in [0.5, 0.6) is 0 Å². The molecule has 0 aliphatic heterocycles. The number of anilines is 2. The molecule has 10 heteroatoms. The van der Waals surface area contributed by atoms with E-state index < -0.39 is 30.3 Å². The fourth-order valence-electron chi connectivity index (χ4n) is 1.98. The summed E-state index contributed by atoms with van der Waals surface area (Å²) in [6, 6.07) is 9.15. The summed E-state index contributed by atoms with van der Waals surface area (Å²) >= 11 is 1.02. The van der Waals surface area contributed by atoms with Crippen LogP contribution in [0, 0.1) is 0 Å². The number of aliphatic carboxylic acids is 1. The number of carbonyl (C=O) groups excluding carboxylic acids is 2. The number of nitrogens with zero attached hydrogens (tertiary/aromatic N) is 2. The van der Waals surface area contributed by atoms with Crippen LogP contribution < -0.4 is 10.2 Å². The number of carboxylic acid groups (broad SMARTS) is 1. The SMILES string of the molecule is CC(C)(C)OC(=O)N(CC(=O)O)c1csc(NC(=O)OCc2ccccc2)n1. The molecule has 0 unspecified atom stereocenters. The maximum atomic E-state index is 12.3. The molecule has 2 rings (SSSR count). The zero-order valence-corrected chi connectivity index (χ0v) is 16.5. The van der Waals surface area contributed by atoms with Crippen molar-refractivity contribution in [2.75, 3.05) is 16.8 Å². The van der Waals surface area contributed by atoms with Gasteiger partial charge in [0, 0.05) is 5.38 Å². The number of amides is 2. The molecular formula is C18H21N3O6S. The number of ether oxygens (including phenoxy) is 2. The number of thiazole rings is 1. The number of hydrogen-bond acceptors (Lipinski definition) is 7. The summed E-state index contributed by atoms with van der Waals surface area (Å²) in [6.45, 7) is 4.46. The second-order valence-electron chi connectivity index (χ2n) is 6.66. The van der Waals surface area contributed by atoms with Crippen molar-refractivity contribution in [3.05, 3.63) is 41.3 Å². The molecule has 1 heterocycles. The van der Waals surface area contributed by atoms with Crippen LogP contribution in [-0.4, -0.2) is 40.4 Å². The average molecular weight is 407 g/mol. The number of hydrogen-bond donors (Lipinski definition) is 2. The maximum Gasteiger partial charge on any atom is 0.416 e. The summed E-state index contributed by atoms with van der Waals surface area (Å²) in [6.07, 6.45) is -1.56. The van der Waals surface area contributed by atoms with E-state index in [1.165, 1.54) is 5.38 Å². The number of carbonyl (C=O) groups is 3. The number of carboxylic acids is 1. The predicted molar refractivity (Wildman–Crippen MR) is 104 cm³/mol. The molecule has 0 aliphatic carbocycles. The van der Waals surface area contributed by atoms with Crippen molar-refractivity contribution in [1.82, 2.24) is 4.98 Å².